The Balaban J connectivity index is 1.91. The van der Waals surface area contributed by atoms with Gasteiger partial charge in [-0.25, -0.2) is 12.8 Å². The predicted molar refractivity (Wildman–Crippen MR) is 99.0 cm³/mol. The van der Waals surface area contributed by atoms with E-state index in [1.165, 1.54) is 45.6 Å². The second-order valence-corrected chi connectivity index (χ2v) is 9.36. The smallest absolute Gasteiger partial charge is 0.284 e. The molecule has 27 heavy (non-hydrogen) atoms. The molecular formula is C17H19FN3O4S2+. The summed E-state index contributed by atoms with van der Waals surface area (Å²) in [6.07, 6.45) is 0. The van der Waals surface area contributed by atoms with E-state index in [4.69, 9.17) is 0 Å². The number of nitro groups is 1. The molecule has 1 aliphatic heterocycles. The molecule has 1 N–H and O–H groups in total. The second-order valence-electron chi connectivity index (χ2n) is 6.30. The Morgan fingerprint density at radius 1 is 1.15 bits per heavy atom. The largest absolute Gasteiger partial charge is 0.335 e. The average molecular weight is 412 g/mol. The van der Waals surface area contributed by atoms with Gasteiger partial charge in [-0.2, -0.15) is 4.31 Å². The molecule has 2 aromatic rings. The zero-order valence-corrected chi connectivity index (χ0v) is 16.2. The van der Waals surface area contributed by atoms with Crippen LogP contribution in [0.3, 0.4) is 0 Å². The number of sulfonamides is 1. The lowest BCUT2D eigenvalue weighted by molar-refractivity contribution is -0.883. The lowest BCUT2D eigenvalue weighted by atomic mass is 10.3. The van der Waals surface area contributed by atoms with E-state index in [-0.39, 0.29) is 10.6 Å². The highest BCUT2D eigenvalue weighted by Gasteiger charge is 2.31. The average Bonchev–Trinajstić information content (AvgIpc) is 2.64. The molecular weight excluding hydrogens is 393 g/mol. The molecule has 1 fully saturated rings. The highest BCUT2D eigenvalue weighted by atomic mass is 32.2. The Hall–Kier alpha value is -2.01. The van der Waals surface area contributed by atoms with Crippen LogP contribution in [0, 0.1) is 15.9 Å². The first-order valence-corrected chi connectivity index (χ1v) is 10.6. The molecule has 0 spiro atoms. The molecule has 0 unspecified atom stereocenters. The molecule has 0 aromatic heterocycles. The van der Waals surface area contributed by atoms with Gasteiger partial charge in [-0.15, -0.1) is 0 Å². The number of likely N-dealkylation sites (N-methyl/N-ethyl adjacent to an activating group) is 1. The van der Waals surface area contributed by atoms with Gasteiger partial charge in [0, 0.05) is 11.0 Å². The van der Waals surface area contributed by atoms with Crippen LogP contribution in [-0.2, 0) is 10.0 Å². The van der Waals surface area contributed by atoms with E-state index < -0.39 is 20.8 Å². The van der Waals surface area contributed by atoms with Crippen molar-refractivity contribution in [2.45, 2.75) is 14.7 Å². The van der Waals surface area contributed by atoms with Crippen molar-refractivity contribution in [1.82, 2.24) is 4.31 Å². The van der Waals surface area contributed by atoms with Crippen LogP contribution in [0.4, 0.5) is 10.1 Å². The molecule has 10 heteroatoms. The molecule has 0 bridgehead atoms. The summed E-state index contributed by atoms with van der Waals surface area (Å²) in [6, 6.07) is 9.48. The summed E-state index contributed by atoms with van der Waals surface area (Å²) in [6.45, 7) is 2.15. The van der Waals surface area contributed by atoms with Crippen molar-refractivity contribution in [3.05, 3.63) is 58.4 Å². The summed E-state index contributed by atoms with van der Waals surface area (Å²) in [5.41, 5.74) is -0.287. The second kappa shape index (κ2) is 7.93. The molecule has 7 nitrogen and oxygen atoms in total. The zero-order valence-electron chi connectivity index (χ0n) is 14.6. The van der Waals surface area contributed by atoms with Crippen LogP contribution >= 0.6 is 11.8 Å². The number of rotatable bonds is 5. The Labute approximate surface area is 161 Å². The van der Waals surface area contributed by atoms with Crippen molar-refractivity contribution in [2.75, 3.05) is 33.2 Å². The van der Waals surface area contributed by atoms with Gasteiger partial charge in [-0.05, 0) is 36.4 Å². The number of nitrogens with one attached hydrogen (secondary N) is 1. The summed E-state index contributed by atoms with van der Waals surface area (Å²) in [5, 5.41) is 11.5. The number of piperazine rings is 1. The molecule has 144 valence electrons. The van der Waals surface area contributed by atoms with E-state index in [9.17, 15) is 22.9 Å². The Bertz CT molecular complexity index is 943. The fraction of sp³-hybridized carbons (Fsp3) is 0.294. The van der Waals surface area contributed by atoms with E-state index in [0.29, 0.717) is 36.0 Å². The fourth-order valence-corrected chi connectivity index (χ4v) is 5.14. The van der Waals surface area contributed by atoms with Crippen molar-refractivity contribution in [2.24, 2.45) is 0 Å². The van der Waals surface area contributed by atoms with Gasteiger partial charge in [0.25, 0.3) is 5.69 Å². The Morgan fingerprint density at radius 3 is 2.37 bits per heavy atom. The number of quaternary nitrogens is 1. The predicted octanol–water partition coefficient (Wildman–Crippen LogP) is 1.40. The quantitative estimate of drug-likeness (QED) is 0.593. The topological polar surface area (TPSA) is 85.0 Å². The van der Waals surface area contributed by atoms with E-state index in [1.54, 1.807) is 0 Å². The summed E-state index contributed by atoms with van der Waals surface area (Å²) >= 11 is 1.09. The van der Waals surface area contributed by atoms with Crippen molar-refractivity contribution >= 4 is 27.5 Å². The lowest BCUT2D eigenvalue weighted by Crippen LogP contribution is -3.12. The number of benzene rings is 2. The van der Waals surface area contributed by atoms with Gasteiger partial charge in [0.15, 0.2) is 0 Å². The summed E-state index contributed by atoms with van der Waals surface area (Å²) in [7, 11) is -1.78. The minimum absolute atomic E-state index is 0.0859. The van der Waals surface area contributed by atoms with Crippen molar-refractivity contribution in [1.29, 1.82) is 0 Å². The number of nitro benzene ring substituents is 1. The van der Waals surface area contributed by atoms with Gasteiger partial charge in [0.05, 0.1) is 47.9 Å². The first-order valence-electron chi connectivity index (χ1n) is 8.30. The Kier molecular flexibility index (Phi) is 5.80. The van der Waals surface area contributed by atoms with Gasteiger partial charge in [0.1, 0.15) is 5.82 Å². The van der Waals surface area contributed by atoms with Gasteiger partial charge in [-0.1, -0.05) is 11.8 Å². The third-order valence-electron chi connectivity index (χ3n) is 4.38. The van der Waals surface area contributed by atoms with Crippen LogP contribution in [0.15, 0.2) is 57.2 Å². The number of halogens is 1. The minimum Gasteiger partial charge on any atom is -0.335 e. The highest BCUT2D eigenvalue weighted by Crippen LogP contribution is 2.36. The third-order valence-corrected chi connectivity index (χ3v) is 7.35. The lowest BCUT2D eigenvalue weighted by Gasteiger charge is -2.29. The van der Waals surface area contributed by atoms with Crippen LogP contribution in [0.25, 0.3) is 0 Å². The first kappa shape index (κ1) is 19.7. The van der Waals surface area contributed by atoms with Crippen molar-refractivity contribution in [3.8, 4) is 0 Å². The minimum atomic E-state index is -3.78. The van der Waals surface area contributed by atoms with Crippen molar-refractivity contribution < 1.29 is 22.6 Å². The fourth-order valence-electron chi connectivity index (χ4n) is 2.77. The molecule has 2 aromatic carbocycles. The van der Waals surface area contributed by atoms with Gasteiger partial charge in [-0.3, -0.25) is 10.1 Å². The molecule has 0 atom stereocenters. The van der Waals surface area contributed by atoms with Crippen LogP contribution < -0.4 is 4.90 Å². The maximum absolute atomic E-state index is 13.0. The standard InChI is InChI=1S/C17H18FN3O4S2/c1-19-8-10-20(11-9-19)27(24,25)15-6-7-17(16(12-15)21(22)23)26-14-4-2-13(18)3-5-14/h2-7,12H,8-11H2,1H3/p+1. The molecule has 0 radical (unpaired) electrons. The van der Waals surface area contributed by atoms with Gasteiger partial charge in [0.2, 0.25) is 10.0 Å². The van der Waals surface area contributed by atoms with Crippen LogP contribution in [0.5, 0.6) is 0 Å². The highest BCUT2D eigenvalue weighted by molar-refractivity contribution is 7.99. The van der Waals surface area contributed by atoms with Gasteiger partial charge < -0.3 is 4.90 Å². The number of nitrogens with zero attached hydrogens (tertiary/aromatic N) is 2. The SMILES string of the molecule is C[NH+]1CCN(S(=O)(=O)c2ccc(Sc3ccc(F)cc3)c([N+](=O)[O-])c2)CC1. The van der Waals surface area contributed by atoms with Crippen molar-refractivity contribution in [3.63, 3.8) is 0 Å². The Morgan fingerprint density at radius 2 is 1.78 bits per heavy atom. The number of hydrogen-bond donors (Lipinski definition) is 1. The third kappa shape index (κ3) is 4.46. The van der Waals surface area contributed by atoms with Crippen LogP contribution in [0.2, 0.25) is 0 Å². The van der Waals surface area contributed by atoms with E-state index in [0.717, 1.165) is 17.8 Å². The van der Waals surface area contributed by atoms with E-state index in [2.05, 4.69) is 0 Å². The molecule has 1 saturated heterocycles. The first-order chi connectivity index (χ1) is 12.8. The maximum atomic E-state index is 13.0. The van der Waals surface area contributed by atoms with E-state index >= 15 is 0 Å². The maximum Gasteiger partial charge on any atom is 0.284 e. The van der Waals surface area contributed by atoms with E-state index in [1.807, 2.05) is 7.05 Å². The molecule has 1 heterocycles. The number of hydrogen-bond acceptors (Lipinski definition) is 5. The zero-order chi connectivity index (χ0) is 19.6. The molecule has 0 saturated carbocycles. The molecule has 0 amide bonds. The van der Waals surface area contributed by atoms with Crippen LogP contribution in [0.1, 0.15) is 0 Å². The van der Waals surface area contributed by atoms with Gasteiger partial charge >= 0.3 is 0 Å². The summed E-state index contributed by atoms with van der Waals surface area (Å²) in [4.78, 5) is 13.0. The summed E-state index contributed by atoms with van der Waals surface area (Å²) < 4.78 is 40.0. The monoisotopic (exact) mass is 412 g/mol. The molecule has 1 aliphatic rings. The summed E-state index contributed by atoms with van der Waals surface area (Å²) in [5.74, 6) is -0.399. The normalized spacial score (nSPS) is 16.4. The van der Waals surface area contributed by atoms with Crippen LogP contribution in [-0.4, -0.2) is 50.9 Å². The molecule has 3 rings (SSSR count). The molecule has 0 aliphatic carbocycles.